The number of esters is 1. The van der Waals surface area contributed by atoms with E-state index in [2.05, 4.69) is 123 Å². The van der Waals surface area contributed by atoms with Crippen LogP contribution in [0.4, 0.5) is 0 Å². The summed E-state index contributed by atoms with van der Waals surface area (Å²) in [5.41, 5.74) is 0. The zero-order valence-electron chi connectivity index (χ0n) is 50.4. The van der Waals surface area contributed by atoms with Gasteiger partial charge in [-0.1, -0.05) is 233 Å². The van der Waals surface area contributed by atoms with Crippen molar-refractivity contribution in [3.8, 4) is 0 Å². The van der Waals surface area contributed by atoms with Gasteiger partial charge in [-0.2, -0.15) is 0 Å². The molecule has 3 unspecified atom stereocenters. The maximum absolute atomic E-state index is 13.5. The molecule has 0 fully saturated rings. The summed E-state index contributed by atoms with van der Waals surface area (Å²) in [5, 5.41) is 3.00. The van der Waals surface area contributed by atoms with Crippen LogP contribution in [-0.4, -0.2) is 69.4 Å². The van der Waals surface area contributed by atoms with Gasteiger partial charge in [0.25, 0.3) is 7.82 Å². The largest absolute Gasteiger partial charge is 0.756 e. The number of hydrogen-bond donors (Lipinski definition) is 1. The third kappa shape index (κ3) is 57.2. The Labute approximate surface area is 474 Å². The van der Waals surface area contributed by atoms with Gasteiger partial charge >= 0.3 is 5.97 Å². The van der Waals surface area contributed by atoms with E-state index in [0.717, 1.165) is 103 Å². The van der Waals surface area contributed by atoms with Gasteiger partial charge in [0, 0.05) is 12.8 Å². The van der Waals surface area contributed by atoms with Crippen molar-refractivity contribution >= 4 is 19.7 Å². The number of amides is 1. The monoisotopic (exact) mass is 1090 g/mol. The first kappa shape index (κ1) is 73.7. The minimum absolute atomic E-state index is 0.0376. The van der Waals surface area contributed by atoms with Gasteiger partial charge in [-0.25, -0.2) is 0 Å². The van der Waals surface area contributed by atoms with Gasteiger partial charge in [-0.15, -0.1) is 0 Å². The molecule has 0 bridgehead atoms. The molecule has 0 saturated carbocycles. The van der Waals surface area contributed by atoms with E-state index in [-0.39, 0.29) is 31.3 Å². The highest BCUT2D eigenvalue weighted by molar-refractivity contribution is 7.45. The minimum Gasteiger partial charge on any atom is -0.756 e. The molecule has 0 aromatic heterocycles. The van der Waals surface area contributed by atoms with Crippen molar-refractivity contribution in [1.29, 1.82) is 0 Å². The van der Waals surface area contributed by atoms with E-state index in [4.69, 9.17) is 13.8 Å². The molecule has 9 nitrogen and oxygen atoms in total. The summed E-state index contributed by atoms with van der Waals surface area (Å²) >= 11 is 0. The van der Waals surface area contributed by atoms with Crippen molar-refractivity contribution in [3.05, 3.63) is 109 Å². The van der Waals surface area contributed by atoms with Gasteiger partial charge in [0.15, 0.2) is 0 Å². The van der Waals surface area contributed by atoms with Crippen molar-refractivity contribution in [1.82, 2.24) is 5.32 Å². The standard InChI is InChI=1S/C67H117N2O7P/c1-7-10-13-16-19-22-25-28-30-32-33-34-35-37-38-41-44-47-50-53-56-59-66(70)68-64(63-75-77(72,73)74-62-61-69(4,5)6)65(58-55-52-49-46-43-40-27-24-21-18-15-12-9-3)76-67(71)60-57-54-51-48-45-42-39-36-31-29-26-23-20-17-14-11-8-2/h10,13,19-20,22-23,28-31,33-34,37-38,44,47,55,58,64-65H,7-9,11-12,14-18,21,24-27,32,35-36,39-43,45-46,48-54,56-57,59-63H2,1-6H3,(H-,68,70,72,73)/b13-10-,22-19-,23-20-,30-28-,31-29-,34-33-,38-37-,47-44-,58-55-. The fourth-order valence-electron chi connectivity index (χ4n) is 8.38. The molecule has 442 valence electrons. The molecule has 3 atom stereocenters. The summed E-state index contributed by atoms with van der Waals surface area (Å²) in [5.74, 6) is -0.605. The fraction of sp³-hybridized carbons (Fsp3) is 0.701. The molecule has 1 N–H and O–H groups in total. The maximum atomic E-state index is 13.5. The first-order chi connectivity index (χ1) is 37.4. The van der Waals surface area contributed by atoms with E-state index in [1.807, 2.05) is 33.3 Å². The van der Waals surface area contributed by atoms with Crippen molar-refractivity contribution in [3.63, 3.8) is 0 Å². The summed E-state index contributed by atoms with van der Waals surface area (Å²) < 4.78 is 30.3. The number of likely N-dealkylation sites (N-methyl/N-ethyl adjacent to an activating group) is 1. The molecule has 0 rings (SSSR count). The number of ether oxygens (including phenoxy) is 1. The quantitative estimate of drug-likeness (QED) is 0.0212. The first-order valence-corrected chi connectivity index (χ1v) is 32.7. The van der Waals surface area contributed by atoms with Crippen LogP contribution in [0.25, 0.3) is 0 Å². The zero-order valence-corrected chi connectivity index (χ0v) is 51.3. The van der Waals surface area contributed by atoms with Crippen LogP contribution in [0.3, 0.4) is 0 Å². The smallest absolute Gasteiger partial charge is 0.306 e. The van der Waals surface area contributed by atoms with Crippen molar-refractivity contribution in [2.45, 2.75) is 264 Å². The van der Waals surface area contributed by atoms with Crippen LogP contribution < -0.4 is 10.2 Å². The summed E-state index contributed by atoms with van der Waals surface area (Å²) in [6.45, 7) is 6.66. The summed E-state index contributed by atoms with van der Waals surface area (Å²) in [6, 6.07) is -0.922. The summed E-state index contributed by atoms with van der Waals surface area (Å²) in [7, 11) is 1.14. The molecule has 0 heterocycles. The van der Waals surface area contributed by atoms with Crippen molar-refractivity contribution < 1.29 is 37.3 Å². The van der Waals surface area contributed by atoms with Crippen LogP contribution in [0.15, 0.2) is 109 Å². The lowest BCUT2D eigenvalue weighted by Crippen LogP contribution is -2.47. The number of quaternary nitrogens is 1. The van der Waals surface area contributed by atoms with Gasteiger partial charge in [0.1, 0.15) is 19.3 Å². The molecule has 0 aliphatic rings. The highest BCUT2D eigenvalue weighted by Crippen LogP contribution is 2.38. The van der Waals surface area contributed by atoms with Crippen LogP contribution in [0, 0.1) is 0 Å². The number of unbranched alkanes of at least 4 members (excludes halogenated alkanes) is 23. The molecule has 0 radical (unpaired) electrons. The Morgan fingerprint density at radius 1 is 0.468 bits per heavy atom. The SMILES string of the molecule is CC/C=C\C/C=C\C/C=C\C/C=C\C/C=C\C/C=C\CCCCC(=O)NC(COP(=O)([O-])OCC[N+](C)(C)C)C(/C=C\CCCCCCCCCCCCC)OC(=O)CCCCCCCCC/C=C\C/C=C\CCCCC. The number of nitrogens with zero attached hydrogens (tertiary/aromatic N) is 1. The Balaban J connectivity index is 5.39. The number of phosphoric acid groups is 1. The second-order valence-corrected chi connectivity index (χ2v) is 23.2. The van der Waals surface area contributed by atoms with E-state index in [0.29, 0.717) is 23.9 Å². The van der Waals surface area contributed by atoms with Gasteiger partial charge in [-0.3, -0.25) is 14.2 Å². The normalized spacial score (nSPS) is 14.4. The van der Waals surface area contributed by atoms with E-state index < -0.39 is 26.6 Å². The lowest BCUT2D eigenvalue weighted by molar-refractivity contribution is -0.870. The number of nitrogens with one attached hydrogen (secondary N) is 1. The molecular formula is C67H117N2O7P. The molecule has 0 spiro atoms. The number of phosphoric ester groups is 1. The van der Waals surface area contributed by atoms with E-state index in [1.54, 1.807) is 0 Å². The predicted molar refractivity (Wildman–Crippen MR) is 330 cm³/mol. The second-order valence-electron chi connectivity index (χ2n) is 21.8. The lowest BCUT2D eigenvalue weighted by Gasteiger charge is -2.30. The number of hydrogen-bond acceptors (Lipinski definition) is 7. The van der Waals surface area contributed by atoms with Crippen LogP contribution in [-0.2, 0) is 27.9 Å². The summed E-state index contributed by atoms with van der Waals surface area (Å²) in [6.07, 6.45) is 76.2. The molecule has 1 amide bonds. The first-order valence-electron chi connectivity index (χ1n) is 31.2. The third-order valence-electron chi connectivity index (χ3n) is 13.2. The molecule has 77 heavy (non-hydrogen) atoms. The van der Waals surface area contributed by atoms with Gasteiger partial charge in [-0.05, 0) is 115 Å². The molecule has 0 aliphatic heterocycles. The summed E-state index contributed by atoms with van der Waals surface area (Å²) in [4.78, 5) is 40.0. The van der Waals surface area contributed by atoms with Crippen LogP contribution in [0.1, 0.15) is 252 Å². The Morgan fingerprint density at radius 3 is 1.29 bits per heavy atom. The number of rotatable bonds is 55. The lowest BCUT2D eigenvalue weighted by atomic mass is 10.0. The minimum atomic E-state index is -4.72. The van der Waals surface area contributed by atoms with Gasteiger partial charge < -0.3 is 28.5 Å². The highest BCUT2D eigenvalue weighted by atomic mass is 31.2. The van der Waals surface area contributed by atoms with Crippen molar-refractivity contribution in [2.24, 2.45) is 0 Å². The van der Waals surface area contributed by atoms with E-state index in [1.165, 1.54) is 103 Å². The molecule has 0 aromatic rings. The Bertz CT molecular complexity index is 1690. The topological polar surface area (TPSA) is 114 Å². The van der Waals surface area contributed by atoms with Crippen LogP contribution in [0.2, 0.25) is 0 Å². The second kappa shape index (κ2) is 56.0. The number of carbonyl (C=O) groups is 2. The predicted octanol–water partition coefficient (Wildman–Crippen LogP) is 18.7. The Hall–Kier alpha value is -3.33. The fourth-order valence-corrected chi connectivity index (χ4v) is 9.10. The zero-order chi connectivity index (χ0) is 56.4. The average Bonchev–Trinajstić information content (AvgIpc) is 3.39. The Kier molecular flexibility index (Phi) is 53.5. The number of allylic oxidation sites excluding steroid dienone is 17. The van der Waals surface area contributed by atoms with Crippen molar-refractivity contribution in [2.75, 3.05) is 40.9 Å². The Morgan fingerprint density at radius 2 is 0.831 bits per heavy atom. The van der Waals surface area contributed by atoms with Gasteiger partial charge in [0.2, 0.25) is 5.91 Å². The maximum Gasteiger partial charge on any atom is 0.306 e. The molecular weight excluding hydrogens is 976 g/mol. The number of carbonyl (C=O) groups excluding carboxylic acids is 2. The van der Waals surface area contributed by atoms with E-state index >= 15 is 0 Å². The highest BCUT2D eigenvalue weighted by Gasteiger charge is 2.27. The van der Waals surface area contributed by atoms with Crippen LogP contribution in [0.5, 0.6) is 0 Å². The molecule has 0 aromatic carbocycles. The molecule has 10 heteroatoms. The van der Waals surface area contributed by atoms with E-state index in [9.17, 15) is 19.0 Å². The van der Waals surface area contributed by atoms with Gasteiger partial charge in [0.05, 0.1) is 33.8 Å². The van der Waals surface area contributed by atoms with Crippen LogP contribution >= 0.6 is 7.82 Å². The molecule has 0 saturated heterocycles. The third-order valence-corrected chi connectivity index (χ3v) is 14.2. The molecule has 0 aliphatic carbocycles. The average molecular weight is 1090 g/mol.